The van der Waals surface area contributed by atoms with E-state index in [0.29, 0.717) is 15.8 Å². The average Bonchev–Trinajstić information content (AvgIpc) is 3.19. The van der Waals surface area contributed by atoms with E-state index in [1.165, 1.54) is 0 Å². The molecule has 0 amide bonds. The van der Waals surface area contributed by atoms with Gasteiger partial charge in [-0.15, -0.1) is 10.2 Å². The highest BCUT2D eigenvalue weighted by Crippen LogP contribution is 2.31. The van der Waals surface area contributed by atoms with Gasteiger partial charge >= 0.3 is 0 Å². The second-order valence-electron chi connectivity index (χ2n) is 6.24. The molecular weight excluding hydrogens is 425 g/mol. The third kappa shape index (κ3) is 4.42. The monoisotopic (exact) mass is 441 g/mol. The molecule has 0 unspecified atom stereocenters. The standard InChI is InChI=1S/C22H17Cl2N3OS/c1-28-18-10-8-16(9-11-18)21-25-26-22(27(21)17-5-3-2-4-6-17)29-14-15-7-12-19(23)20(24)13-15/h2-13H,14H2,1H3. The molecule has 1 heterocycles. The van der Waals surface area contributed by atoms with Crippen LogP contribution in [0.5, 0.6) is 5.75 Å². The molecule has 4 aromatic rings. The molecule has 0 atom stereocenters. The Balaban J connectivity index is 1.69. The molecule has 0 saturated carbocycles. The smallest absolute Gasteiger partial charge is 0.196 e. The summed E-state index contributed by atoms with van der Waals surface area (Å²) in [6, 6.07) is 23.5. The van der Waals surface area contributed by atoms with Crippen molar-refractivity contribution >= 4 is 35.0 Å². The van der Waals surface area contributed by atoms with Gasteiger partial charge in [-0.05, 0) is 54.1 Å². The summed E-state index contributed by atoms with van der Waals surface area (Å²) in [4.78, 5) is 0. The summed E-state index contributed by atoms with van der Waals surface area (Å²) in [5, 5.41) is 10.8. The summed E-state index contributed by atoms with van der Waals surface area (Å²) in [5.41, 5.74) is 3.03. The number of ether oxygens (including phenoxy) is 1. The fraction of sp³-hybridized carbons (Fsp3) is 0.0909. The van der Waals surface area contributed by atoms with Crippen LogP contribution in [-0.2, 0) is 5.75 Å². The van der Waals surface area contributed by atoms with Crippen LogP contribution in [0.3, 0.4) is 0 Å². The molecule has 1 aromatic heterocycles. The molecule has 0 radical (unpaired) electrons. The van der Waals surface area contributed by atoms with E-state index in [0.717, 1.165) is 33.5 Å². The molecule has 7 heteroatoms. The number of aromatic nitrogens is 3. The predicted molar refractivity (Wildman–Crippen MR) is 119 cm³/mol. The first-order valence-corrected chi connectivity index (χ1v) is 10.6. The number of hydrogen-bond acceptors (Lipinski definition) is 4. The molecule has 146 valence electrons. The SMILES string of the molecule is COc1ccc(-c2nnc(SCc3ccc(Cl)c(Cl)c3)n2-c2ccccc2)cc1. The van der Waals surface area contributed by atoms with Gasteiger partial charge in [-0.3, -0.25) is 4.57 Å². The number of methoxy groups -OCH3 is 1. The predicted octanol–water partition coefficient (Wildman–Crippen LogP) is 6.54. The van der Waals surface area contributed by atoms with Gasteiger partial charge in [0.05, 0.1) is 17.2 Å². The number of halogens is 2. The lowest BCUT2D eigenvalue weighted by atomic mass is 10.2. The van der Waals surface area contributed by atoms with Crippen molar-refractivity contribution in [3.8, 4) is 22.8 Å². The van der Waals surface area contributed by atoms with Crippen molar-refractivity contribution in [1.82, 2.24) is 14.8 Å². The van der Waals surface area contributed by atoms with Crippen LogP contribution in [0.15, 0.2) is 78.0 Å². The van der Waals surface area contributed by atoms with Gasteiger partial charge in [-0.2, -0.15) is 0 Å². The quantitative estimate of drug-likeness (QED) is 0.318. The number of para-hydroxylation sites is 1. The summed E-state index contributed by atoms with van der Waals surface area (Å²) >= 11 is 13.8. The topological polar surface area (TPSA) is 39.9 Å². The lowest BCUT2D eigenvalue weighted by Crippen LogP contribution is -1.99. The summed E-state index contributed by atoms with van der Waals surface area (Å²) < 4.78 is 7.32. The van der Waals surface area contributed by atoms with Crippen molar-refractivity contribution in [3.63, 3.8) is 0 Å². The van der Waals surface area contributed by atoms with E-state index in [4.69, 9.17) is 27.9 Å². The molecule has 0 aliphatic heterocycles. The van der Waals surface area contributed by atoms with Gasteiger partial charge < -0.3 is 4.74 Å². The van der Waals surface area contributed by atoms with Crippen molar-refractivity contribution < 1.29 is 4.74 Å². The number of benzene rings is 3. The number of thioether (sulfide) groups is 1. The highest BCUT2D eigenvalue weighted by Gasteiger charge is 2.16. The number of hydrogen-bond donors (Lipinski definition) is 0. The molecule has 3 aromatic carbocycles. The van der Waals surface area contributed by atoms with Crippen molar-refractivity contribution in [1.29, 1.82) is 0 Å². The Bertz CT molecular complexity index is 1110. The molecule has 4 nitrogen and oxygen atoms in total. The molecular formula is C22H17Cl2N3OS. The second kappa shape index (κ2) is 8.91. The maximum absolute atomic E-state index is 6.15. The van der Waals surface area contributed by atoms with Crippen LogP contribution in [0.25, 0.3) is 17.1 Å². The maximum Gasteiger partial charge on any atom is 0.196 e. The van der Waals surface area contributed by atoms with E-state index in [1.54, 1.807) is 18.9 Å². The summed E-state index contributed by atoms with van der Waals surface area (Å²) in [7, 11) is 1.65. The zero-order valence-electron chi connectivity index (χ0n) is 15.5. The molecule has 0 aliphatic carbocycles. The molecule has 0 fully saturated rings. The van der Waals surface area contributed by atoms with Crippen molar-refractivity contribution in [3.05, 3.63) is 88.4 Å². The molecule has 4 rings (SSSR count). The fourth-order valence-electron chi connectivity index (χ4n) is 2.88. The van der Waals surface area contributed by atoms with Gasteiger partial charge in [0.2, 0.25) is 0 Å². The van der Waals surface area contributed by atoms with E-state index in [2.05, 4.69) is 14.8 Å². The van der Waals surface area contributed by atoms with Gasteiger partial charge in [-0.1, -0.05) is 59.2 Å². The first-order chi connectivity index (χ1) is 14.2. The van der Waals surface area contributed by atoms with Gasteiger partial charge in [0, 0.05) is 17.0 Å². The van der Waals surface area contributed by atoms with Gasteiger partial charge in [0.15, 0.2) is 11.0 Å². The molecule has 0 spiro atoms. The lowest BCUT2D eigenvalue weighted by Gasteiger charge is -2.11. The van der Waals surface area contributed by atoms with E-state index in [9.17, 15) is 0 Å². The van der Waals surface area contributed by atoms with Crippen LogP contribution in [0.2, 0.25) is 10.0 Å². The van der Waals surface area contributed by atoms with Gasteiger partial charge in [-0.25, -0.2) is 0 Å². The summed E-state index contributed by atoms with van der Waals surface area (Å²) in [6.07, 6.45) is 0. The Morgan fingerprint density at radius 2 is 1.66 bits per heavy atom. The fourth-order valence-corrected chi connectivity index (χ4v) is 4.09. The third-order valence-corrected chi connectivity index (χ3v) is 6.09. The minimum Gasteiger partial charge on any atom is -0.497 e. The first kappa shape index (κ1) is 19.8. The molecule has 0 N–H and O–H groups in total. The largest absolute Gasteiger partial charge is 0.497 e. The maximum atomic E-state index is 6.15. The Kier molecular flexibility index (Phi) is 6.09. The molecule has 29 heavy (non-hydrogen) atoms. The van der Waals surface area contributed by atoms with Crippen LogP contribution in [0.1, 0.15) is 5.56 Å². The third-order valence-electron chi connectivity index (χ3n) is 4.35. The highest BCUT2D eigenvalue weighted by atomic mass is 35.5. The minimum atomic E-state index is 0.549. The van der Waals surface area contributed by atoms with Crippen LogP contribution in [0, 0.1) is 0 Å². The van der Waals surface area contributed by atoms with Crippen LogP contribution >= 0.6 is 35.0 Å². The van der Waals surface area contributed by atoms with Crippen LogP contribution in [0.4, 0.5) is 0 Å². The van der Waals surface area contributed by atoms with E-state index < -0.39 is 0 Å². The van der Waals surface area contributed by atoms with E-state index >= 15 is 0 Å². The first-order valence-electron chi connectivity index (χ1n) is 8.87. The van der Waals surface area contributed by atoms with Crippen molar-refractivity contribution in [2.24, 2.45) is 0 Å². The van der Waals surface area contributed by atoms with Crippen LogP contribution < -0.4 is 4.74 Å². The van der Waals surface area contributed by atoms with Crippen molar-refractivity contribution in [2.75, 3.05) is 7.11 Å². The van der Waals surface area contributed by atoms with Gasteiger partial charge in [0.1, 0.15) is 5.75 Å². The number of rotatable bonds is 6. The lowest BCUT2D eigenvalue weighted by molar-refractivity contribution is 0.415. The summed E-state index contributed by atoms with van der Waals surface area (Å²) in [6.45, 7) is 0. The average molecular weight is 442 g/mol. The molecule has 0 saturated heterocycles. The van der Waals surface area contributed by atoms with Crippen molar-refractivity contribution in [2.45, 2.75) is 10.9 Å². The second-order valence-corrected chi connectivity index (χ2v) is 8.00. The summed E-state index contributed by atoms with van der Waals surface area (Å²) in [5.74, 6) is 2.27. The zero-order valence-corrected chi connectivity index (χ0v) is 17.9. The van der Waals surface area contributed by atoms with E-state index in [1.807, 2.05) is 72.8 Å². The number of nitrogens with zero attached hydrogens (tertiary/aromatic N) is 3. The highest BCUT2D eigenvalue weighted by molar-refractivity contribution is 7.98. The molecule has 0 bridgehead atoms. The Morgan fingerprint density at radius 1 is 0.897 bits per heavy atom. The Hall–Kier alpha value is -2.47. The normalized spacial score (nSPS) is 10.9. The zero-order chi connectivity index (χ0) is 20.2. The van der Waals surface area contributed by atoms with E-state index in [-0.39, 0.29) is 0 Å². The molecule has 0 aliphatic rings. The van der Waals surface area contributed by atoms with Crippen LogP contribution in [-0.4, -0.2) is 21.9 Å². The van der Waals surface area contributed by atoms with Gasteiger partial charge in [0.25, 0.3) is 0 Å². The Morgan fingerprint density at radius 3 is 2.34 bits per heavy atom. The minimum absolute atomic E-state index is 0.549. The Labute approximate surface area is 183 Å².